The van der Waals surface area contributed by atoms with Gasteiger partial charge >= 0.3 is 0 Å². The minimum Gasteiger partial charge on any atom is -0.352 e. The Morgan fingerprint density at radius 3 is 2.32 bits per heavy atom. The molecule has 3 rings (SSSR count). The number of aryl methyl sites for hydroxylation is 1. The molecule has 0 aliphatic heterocycles. The quantitative estimate of drug-likeness (QED) is 0.368. The molecule has 1 aliphatic rings. The van der Waals surface area contributed by atoms with Crippen LogP contribution in [-0.2, 0) is 26.2 Å². The summed E-state index contributed by atoms with van der Waals surface area (Å²) < 4.78 is 26.2. The molecule has 0 saturated heterocycles. The van der Waals surface area contributed by atoms with Crippen molar-refractivity contribution in [2.45, 2.75) is 77.4 Å². The lowest BCUT2D eigenvalue weighted by molar-refractivity contribution is -0.141. The minimum atomic E-state index is -3.54. The van der Waals surface area contributed by atoms with E-state index in [1.54, 1.807) is 37.3 Å². The number of hydrogen-bond donors (Lipinski definition) is 1. The standard InChI is InChI=1S/C28H37Cl2N3O4S/c1-20-11-15-25(16-12-20)33(38(3,36)37)17-7-10-27(34)32(19-22-13-14-23(29)18-26(22)30)21(2)28(35)31-24-8-5-4-6-9-24/h11-16,18,21,24H,4-10,17,19H2,1-3H3,(H,31,35)/t21-/m0/s1. The molecule has 38 heavy (non-hydrogen) atoms. The molecule has 1 fully saturated rings. The molecule has 0 bridgehead atoms. The van der Waals surface area contributed by atoms with Crippen LogP contribution in [0.15, 0.2) is 42.5 Å². The number of sulfonamides is 1. The van der Waals surface area contributed by atoms with E-state index in [9.17, 15) is 18.0 Å². The van der Waals surface area contributed by atoms with Gasteiger partial charge in [-0.3, -0.25) is 13.9 Å². The highest BCUT2D eigenvalue weighted by molar-refractivity contribution is 7.92. The second-order valence-corrected chi connectivity index (χ2v) is 12.8. The van der Waals surface area contributed by atoms with Crippen molar-refractivity contribution in [3.63, 3.8) is 0 Å². The number of nitrogens with one attached hydrogen (secondary N) is 1. The Bertz CT molecular complexity index is 1220. The number of benzene rings is 2. The van der Waals surface area contributed by atoms with Gasteiger partial charge in [0.2, 0.25) is 21.8 Å². The highest BCUT2D eigenvalue weighted by Gasteiger charge is 2.29. The smallest absolute Gasteiger partial charge is 0.242 e. The Morgan fingerprint density at radius 1 is 1.05 bits per heavy atom. The van der Waals surface area contributed by atoms with Crippen LogP contribution in [-0.4, -0.2) is 50.0 Å². The van der Waals surface area contributed by atoms with Gasteiger partial charge in [-0.2, -0.15) is 0 Å². The lowest BCUT2D eigenvalue weighted by Gasteiger charge is -2.32. The lowest BCUT2D eigenvalue weighted by atomic mass is 9.95. The van der Waals surface area contributed by atoms with Gasteiger partial charge in [-0.05, 0) is 62.9 Å². The van der Waals surface area contributed by atoms with Gasteiger partial charge in [0.15, 0.2) is 0 Å². The molecule has 0 radical (unpaired) electrons. The van der Waals surface area contributed by atoms with E-state index in [0.717, 1.165) is 37.5 Å². The molecule has 0 spiro atoms. The summed E-state index contributed by atoms with van der Waals surface area (Å²) in [5.41, 5.74) is 2.25. The predicted molar refractivity (Wildman–Crippen MR) is 154 cm³/mol. The first kappa shape index (κ1) is 30.3. The number of carbonyl (C=O) groups excluding carboxylic acids is 2. The first-order chi connectivity index (χ1) is 18.0. The number of carbonyl (C=O) groups is 2. The molecule has 0 unspecified atom stereocenters. The fourth-order valence-corrected chi connectivity index (χ4v) is 6.13. The van der Waals surface area contributed by atoms with Crippen molar-refractivity contribution in [3.8, 4) is 0 Å². The van der Waals surface area contributed by atoms with E-state index in [1.807, 2.05) is 19.1 Å². The Balaban J connectivity index is 1.74. The molecule has 10 heteroatoms. The van der Waals surface area contributed by atoms with Crippen LogP contribution in [0.25, 0.3) is 0 Å². The average Bonchev–Trinajstić information content (AvgIpc) is 2.86. The van der Waals surface area contributed by atoms with Gasteiger partial charge in [-0.1, -0.05) is 66.2 Å². The Kier molecular flexibility index (Phi) is 10.9. The highest BCUT2D eigenvalue weighted by atomic mass is 35.5. The Morgan fingerprint density at radius 2 is 1.71 bits per heavy atom. The van der Waals surface area contributed by atoms with Gasteiger partial charge in [-0.15, -0.1) is 0 Å². The molecule has 2 aromatic carbocycles. The van der Waals surface area contributed by atoms with Crippen LogP contribution in [0, 0.1) is 6.92 Å². The molecule has 0 heterocycles. The third-order valence-corrected chi connectivity index (χ3v) is 8.73. The number of amides is 2. The number of nitrogens with zero attached hydrogens (tertiary/aromatic N) is 2. The topological polar surface area (TPSA) is 86.8 Å². The third kappa shape index (κ3) is 8.61. The van der Waals surface area contributed by atoms with Crippen LogP contribution in [0.2, 0.25) is 10.0 Å². The molecular weight excluding hydrogens is 545 g/mol. The summed E-state index contributed by atoms with van der Waals surface area (Å²) in [6.07, 6.45) is 6.74. The molecule has 7 nitrogen and oxygen atoms in total. The van der Waals surface area contributed by atoms with Crippen LogP contribution in [0.5, 0.6) is 0 Å². The molecule has 1 aliphatic carbocycles. The number of anilines is 1. The minimum absolute atomic E-state index is 0.0736. The van der Waals surface area contributed by atoms with Gasteiger partial charge < -0.3 is 10.2 Å². The second-order valence-electron chi connectivity index (χ2n) is 10.1. The van der Waals surface area contributed by atoms with Gasteiger partial charge in [0.1, 0.15) is 6.04 Å². The van der Waals surface area contributed by atoms with Gasteiger partial charge in [0.25, 0.3) is 0 Å². The summed E-state index contributed by atoms with van der Waals surface area (Å²) in [5.74, 6) is -0.451. The average molecular weight is 583 g/mol. The predicted octanol–water partition coefficient (Wildman–Crippen LogP) is 5.71. The monoisotopic (exact) mass is 581 g/mol. The van der Waals surface area contributed by atoms with Gasteiger partial charge in [0.05, 0.1) is 11.9 Å². The zero-order valence-corrected chi connectivity index (χ0v) is 24.6. The largest absolute Gasteiger partial charge is 0.352 e. The fourth-order valence-electron chi connectivity index (χ4n) is 4.70. The molecule has 208 valence electrons. The first-order valence-corrected chi connectivity index (χ1v) is 15.6. The Hall–Kier alpha value is -2.29. The molecule has 1 atom stereocenters. The van der Waals surface area contributed by atoms with Crippen LogP contribution in [0.4, 0.5) is 5.69 Å². The number of halogens is 2. The molecule has 1 saturated carbocycles. The van der Waals surface area contributed by atoms with Crippen LogP contribution in [0.1, 0.15) is 63.0 Å². The summed E-state index contributed by atoms with van der Waals surface area (Å²) in [7, 11) is -3.54. The maximum absolute atomic E-state index is 13.5. The maximum Gasteiger partial charge on any atom is 0.242 e. The summed E-state index contributed by atoms with van der Waals surface area (Å²) in [5, 5.41) is 4.01. The Labute approximate surface area is 236 Å². The maximum atomic E-state index is 13.5. The van der Waals surface area contributed by atoms with Crippen LogP contribution in [0.3, 0.4) is 0 Å². The van der Waals surface area contributed by atoms with E-state index in [4.69, 9.17) is 23.2 Å². The second kappa shape index (κ2) is 13.7. The first-order valence-electron chi connectivity index (χ1n) is 13.0. The zero-order valence-electron chi connectivity index (χ0n) is 22.3. The third-order valence-electron chi connectivity index (χ3n) is 6.95. The zero-order chi connectivity index (χ0) is 27.9. The molecule has 0 aromatic heterocycles. The lowest BCUT2D eigenvalue weighted by Crippen LogP contribution is -2.50. The summed E-state index contributed by atoms with van der Waals surface area (Å²) >= 11 is 12.4. The van der Waals surface area contributed by atoms with Crippen molar-refractivity contribution in [2.24, 2.45) is 0 Å². The molecule has 2 aromatic rings. The summed E-state index contributed by atoms with van der Waals surface area (Å²) in [6, 6.07) is 11.7. The van der Waals surface area contributed by atoms with Crippen molar-refractivity contribution in [2.75, 3.05) is 17.1 Å². The normalized spacial score (nSPS) is 15.1. The van der Waals surface area contributed by atoms with E-state index in [2.05, 4.69) is 5.32 Å². The van der Waals surface area contributed by atoms with E-state index in [-0.39, 0.29) is 37.4 Å². The fraction of sp³-hybridized carbons (Fsp3) is 0.500. The molecular formula is C28H37Cl2N3O4S. The van der Waals surface area contributed by atoms with Crippen molar-refractivity contribution < 1.29 is 18.0 Å². The highest BCUT2D eigenvalue weighted by Crippen LogP contribution is 2.25. The van der Waals surface area contributed by atoms with Crippen molar-refractivity contribution in [1.29, 1.82) is 0 Å². The van der Waals surface area contributed by atoms with Crippen molar-refractivity contribution in [3.05, 3.63) is 63.6 Å². The van der Waals surface area contributed by atoms with E-state index < -0.39 is 16.1 Å². The number of hydrogen-bond acceptors (Lipinski definition) is 4. The SMILES string of the molecule is Cc1ccc(N(CCCC(=O)N(Cc2ccc(Cl)cc2Cl)[C@@H](C)C(=O)NC2CCCCC2)S(C)(=O)=O)cc1. The van der Waals surface area contributed by atoms with Crippen LogP contribution >= 0.6 is 23.2 Å². The summed E-state index contributed by atoms with van der Waals surface area (Å²) in [4.78, 5) is 28.2. The molecule has 2 amide bonds. The van der Waals surface area contributed by atoms with Crippen molar-refractivity contribution in [1.82, 2.24) is 10.2 Å². The van der Waals surface area contributed by atoms with E-state index >= 15 is 0 Å². The van der Waals surface area contributed by atoms with Gasteiger partial charge in [0, 0.05) is 35.6 Å². The van der Waals surface area contributed by atoms with E-state index in [0.29, 0.717) is 27.7 Å². The van der Waals surface area contributed by atoms with Crippen LogP contribution < -0.4 is 9.62 Å². The summed E-state index contributed by atoms with van der Waals surface area (Å²) in [6.45, 7) is 3.93. The number of rotatable bonds is 11. The molecule has 1 N–H and O–H groups in total. The van der Waals surface area contributed by atoms with Crippen molar-refractivity contribution >= 4 is 50.7 Å². The van der Waals surface area contributed by atoms with Gasteiger partial charge in [-0.25, -0.2) is 8.42 Å². The van der Waals surface area contributed by atoms with E-state index in [1.165, 1.54) is 15.6 Å².